The summed E-state index contributed by atoms with van der Waals surface area (Å²) in [6.07, 6.45) is 0.241. The molecule has 0 bridgehead atoms. The van der Waals surface area contributed by atoms with Crippen LogP contribution in [-0.2, 0) is 17.7 Å². The zero-order chi connectivity index (χ0) is 19.6. The standard InChI is InChI=1S/C18H17FINO5S.H2S/c19-12-7-10(20)5-4-9(12)6-14-16(18(25)21-26-15(24)8-22)11-2-1-3-13(23)17(11)27-14;/h4-5,7,15,22,24H,1-3,6,8H2,(H,21,25);1H2/t15-;/m0./s1. The third kappa shape index (κ3) is 5.10. The number of amides is 1. The van der Waals surface area contributed by atoms with Gasteiger partial charge in [-0.05, 0) is 58.7 Å². The molecule has 1 aliphatic carbocycles. The number of aliphatic hydroxyl groups is 2. The lowest BCUT2D eigenvalue weighted by molar-refractivity contribution is -0.154. The number of hydrogen-bond donors (Lipinski definition) is 3. The summed E-state index contributed by atoms with van der Waals surface area (Å²) < 4.78 is 15.0. The number of carbonyl (C=O) groups is 2. The lowest BCUT2D eigenvalue weighted by atomic mass is 9.93. The Hall–Kier alpha value is -1.05. The van der Waals surface area contributed by atoms with Crippen molar-refractivity contribution in [1.82, 2.24) is 5.48 Å². The summed E-state index contributed by atoms with van der Waals surface area (Å²) in [5, 5.41) is 18.1. The molecule has 0 fully saturated rings. The predicted octanol–water partition coefficient (Wildman–Crippen LogP) is 2.69. The molecular formula is C18H19FINO5S2. The molecule has 1 aromatic heterocycles. The van der Waals surface area contributed by atoms with Crippen LogP contribution in [0.15, 0.2) is 18.2 Å². The average Bonchev–Trinajstić information content (AvgIpc) is 3.01. The molecule has 1 aliphatic rings. The van der Waals surface area contributed by atoms with Crippen LogP contribution in [0.4, 0.5) is 4.39 Å². The third-order valence-corrected chi connectivity index (χ3v) is 6.14. The molecule has 0 unspecified atom stereocenters. The van der Waals surface area contributed by atoms with E-state index in [4.69, 9.17) is 5.11 Å². The SMILES string of the molecule is O=C1CCCc2c1sc(Cc1ccc(I)cc1F)c2C(=O)NO[C@H](O)CO.S. The minimum atomic E-state index is -1.55. The van der Waals surface area contributed by atoms with E-state index in [-0.39, 0.29) is 37.1 Å². The van der Waals surface area contributed by atoms with Crippen LogP contribution >= 0.6 is 47.4 Å². The van der Waals surface area contributed by atoms with Crippen molar-refractivity contribution < 1.29 is 29.0 Å². The topological polar surface area (TPSA) is 95.9 Å². The van der Waals surface area contributed by atoms with Crippen molar-refractivity contribution in [3.63, 3.8) is 0 Å². The van der Waals surface area contributed by atoms with Gasteiger partial charge in [0.05, 0.1) is 17.0 Å². The number of aliphatic hydroxyl groups excluding tert-OH is 2. The fourth-order valence-electron chi connectivity index (χ4n) is 2.96. The van der Waals surface area contributed by atoms with Crippen LogP contribution in [0, 0.1) is 9.39 Å². The minimum absolute atomic E-state index is 0. The van der Waals surface area contributed by atoms with E-state index in [1.165, 1.54) is 17.4 Å². The maximum absolute atomic E-state index is 14.3. The van der Waals surface area contributed by atoms with Gasteiger partial charge in [0.2, 0.25) is 6.29 Å². The Morgan fingerprint density at radius 1 is 1.39 bits per heavy atom. The number of Topliss-reactive ketones (excluding diaryl/α,β-unsaturated/α-hetero) is 1. The predicted molar refractivity (Wildman–Crippen MR) is 116 cm³/mol. The van der Waals surface area contributed by atoms with Crippen LogP contribution in [0.3, 0.4) is 0 Å². The molecule has 0 saturated carbocycles. The zero-order valence-electron chi connectivity index (χ0n) is 14.6. The van der Waals surface area contributed by atoms with Gasteiger partial charge in [-0.3, -0.25) is 9.59 Å². The van der Waals surface area contributed by atoms with Gasteiger partial charge in [-0.2, -0.15) is 13.5 Å². The van der Waals surface area contributed by atoms with E-state index in [9.17, 15) is 19.1 Å². The lowest BCUT2D eigenvalue weighted by Gasteiger charge is -2.14. The van der Waals surface area contributed by atoms with Crippen molar-refractivity contribution in [2.24, 2.45) is 0 Å². The normalized spacial score (nSPS) is 14.2. The van der Waals surface area contributed by atoms with Crippen molar-refractivity contribution >= 4 is 59.1 Å². The summed E-state index contributed by atoms with van der Waals surface area (Å²) >= 11 is 3.22. The number of hydroxylamine groups is 1. The Morgan fingerprint density at radius 3 is 2.82 bits per heavy atom. The number of fused-ring (bicyclic) bond motifs is 1. The van der Waals surface area contributed by atoms with Gasteiger partial charge in [-0.1, -0.05) is 6.07 Å². The first-order valence-corrected chi connectivity index (χ1v) is 10.2. The molecule has 3 rings (SSSR count). The van der Waals surface area contributed by atoms with Crippen LogP contribution in [0.5, 0.6) is 0 Å². The Bertz CT molecular complexity index is 889. The van der Waals surface area contributed by atoms with Crippen molar-refractivity contribution in [2.45, 2.75) is 32.0 Å². The summed E-state index contributed by atoms with van der Waals surface area (Å²) in [7, 11) is 0. The van der Waals surface area contributed by atoms with Crippen LogP contribution in [0.25, 0.3) is 0 Å². The molecule has 0 spiro atoms. The van der Waals surface area contributed by atoms with E-state index in [0.29, 0.717) is 40.1 Å². The van der Waals surface area contributed by atoms with Gasteiger partial charge < -0.3 is 10.2 Å². The van der Waals surface area contributed by atoms with Crippen LogP contribution in [-0.4, -0.2) is 34.8 Å². The number of hydrogen-bond acceptors (Lipinski definition) is 6. The van der Waals surface area contributed by atoms with Gasteiger partial charge in [0, 0.05) is 21.3 Å². The number of nitrogens with one attached hydrogen (secondary N) is 1. The van der Waals surface area contributed by atoms with Crippen LogP contribution in [0.1, 0.15) is 48.9 Å². The Balaban J connectivity index is 0.00000280. The summed E-state index contributed by atoms with van der Waals surface area (Å²) in [4.78, 5) is 30.7. The summed E-state index contributed by atoms with van der Waals surface area (Å²) in [6, 6.07) is 4.85. The quantitative estimate of drug-likeness (QED) is 0.298. The number of benzene rings is 1. The highest BCUT2D eigenvalue weighted by Gasteiger charge is 2.30. The van der Waals surface area contributed by atoms with E-state index in [2.05, 4.69) is 10.3 Å². The molecule has 152 valence electrons. The second-order valence-electron chi connectivity index (χ2n) is 6.08. The Labute approximate surface area is 185 Å². The first kappa shape index (κ1) is 23.2. The highest BCUT2D eigenvalue weighted by atomic mass is 127. The maximum Gasteiger partial charge on any atom is 0.276 e. The van der Waals surface area contributed by atoms with E-state index in [0.717, 1.165) is 3.57 Å². The fraction of sp³-hybridized carbons (Fsp3) is 0.333. The molecule has 0 saturated heterocycles. The largest absolute Gasteiger partial charge is 0.391 e. The molecule has 0 radical (unpaired) electrons. The number of rotatable bonds is 6. The third-order valence-electron chi connectivity index (χ3n) is 4.20. The number of halogens is 2. The molecule has 1 heterocycles. The molecule has 2 aromatic rings. The molecule has 6 nitrogen and oxygen atoms in total. The molecular weight excluding hydrogens is 520 g/mol. The first-order chi connectivity index (χ1) is 12.9. The average molecular weight is 539 g/mol. The molecule has 1 atom stereocenters. The summed E-state index contributed by atoms with van der Waals surface area (Å²) in [5.74, 6) is -1.03. The van der Waals surface area contributed by atoms with E-state index < -0.39 is 18.8 Å². The number of ketones is 1. The minimum Gasteiger partial charge on any atom is -0.391 e. The van der Waals surface area contributed by atoms with Crippen LogP contribution in [0.2, 0.25) is 0 Å². The molecule has 10 heteroatoms. The monoisotopic (exact) mass is 539 g/mol. The smallest absolute Gasteiger partial charge is 0.276 e. The van der Waals surface area contributed by atoms with E-state index >= 15 is 0 Å². The molecule has 28 heavy (non-hydrogen) atoms. The highest BCUT2D eigenvalue weighted by Crippen LogP contribution is 2.36. The van der Waals surface area contributed by atoms with E-state index in [1.807, 2.05) is 22.6 Å². The molecule has 1 amide bonds. The van der Waals surface area contributed by atoms with Crippen molar-refractivity contribution in [1.29, 1.82) is 0 Å². The Morgan fingerprint density at radius 2 is 2.14 bits per heavy atom. The highest BCUT2D eigenvalue weighted by molar-refractivity contribution is 14.1. The van der Waals surface area contributed by atoms with Gasteiger partial charge in [0.1, 0.15) is 5.82 Å². The second-order valence-corrected chi connectivity index (χ2v) is 8.43. The molecule has 1 aromatic carbocycles. The van der Waals surface area contributed by atoms with E-state index in [1.54, 1.807) is 12.1 Å². The molecule has 3 N–H and O–H groups in total. The lowest BCUT2D eigenvalue weighted by Crippen LogP contribution is -2.32. The van der Waals surface area contributed by atoms with Crippen LogP contribution < -0.4 is 5.48 Å². The number of carbonyl (C=O) groups excluding carboxylic acids is 2. The van der Waals surface area contributed by atoms with Gasteiger partial charge in [0.15, 0.2) is 5.78 Å². The first-order valence-electron chi connectivity index (χ1n) is 8.27. The second kappa shape index (κ2) is 10.1. The number of thiophene rings is 1. The van der Waals surface area contributed by atoms with Gasteiger partial charge >= 0.3 is 0 Å². The maximum atomic E-state index is 14.3. The van der Waals surface area contributed by atoms with Crippen molar-refractivity contribution in [2.75, 3.05) is 6.61 Å². The summed E-state index contributed by atoms with van der Waals surface area (Å²) in [6.45, 7) is -0.679. The van der Waals surface area contributed by atoms with Crippen molar-refractivity contribution in [3.05, 3.63) is 54.0 Å². The van der Waals surface area contributed by atoms with Gasteiger partial charge in [0.25, 0.3) is 5.91 Å². The Kier molecular flexibility index (Phi) is 8.40. The van der Waals surface area contributed by atoms with Gasteiger partial charge in [-0.15, -0.1) is 11.3 Å². The van der Waals surface area contributed by atoms with Crippen molar-refractivity contribution in [3.8, 4) is 0 Å². The zero-order valence-corrected chi connectivity index (χ0v) is 18.6. The van der Waals surface area contributed by atoms with Gasteiger partial charge in [-0.25, -0.2) is 14.7 Å². The molecule has 0 aliphatic heterocycles. The fourth-order valence-corrected chi connectivity index (χ4v) is 4.75. The summed E-state index contributed by atoms with van der Waals surface area (Å²) in [5.41, 5.74) is 3.44.